The number of hydrogen-bond acceptors (Lipinski definition) is 7. The Morgan fingerprint density at radius 2 is 1.72 bits per heavy atom. The molecule has 1 fully saturated rings. The van der Waals surface area contributed by atoms with Gasteiger partial charge in [0, 0.05) is 5.56 Å². The molecule has 1 aliphatic rings. The number of aromatic nitrogens is 1. The summed E-state index contributed by atoms with van der Waals surface area (Å²) in [4.78, 5) is 44.2. The van der Waals surface area contributed by atoms with Crippen LogP contribution >= 0.6 is 11.3 Å². The van der Waals surface area contributed by atoms with Crippen LogP contribution in [0.3, 0.4) is 0 Å². The zero-order valence-electron chi connectivity index (χ0n) is 17.7. The molecule has 0 bridgehead atoms. The minimum Gasteiger partial charge on any atom is -0.507 e. The fraction of sp³-hybridized carbons (Fsp3) is 0.167. The third kappa shape index (κ3) is 3.58. The van der Waals surface area contributed by atoms with Gasteiger partial charge in [-0.15, -0.1) is 0 Å². The van der Waals surface area contributed by atoms with Crippen molar-refractivity contribution < 1.29 is 24.2 Å². The molecule has 32 heavy (non-hydrogen) atoms. The highest BCUT2D eigenvalue weighted by Gasteiger charge is 2.48. The molecule has 0 radical (unpaired) electrons. The largest absolute Gasteiger partial charge is 0.507 e. The number of ether oxygens (including phenoxy) is 1. The molecule has 162 valence electrons. The van der Waals surface area contributed by atoms with Crippen LogP contribution in [0.15, 0.2) is 60.2 Å². The first kappa shape index (κ1) is 21.5. The average Bonchev–Trinajstić information content (AvgIpc) is 3.31. The Morgan fingerprint density at radius 1 is 1.06 bits per heavy atom. The lowest BCUT2D eigenvalue weighted by molar-refractivity contribution is -0.132. The fourth-order valence-electron chi connectivity index (χ4n) is 3.61. The first-order valence-electron chi connectivity index (χ1n) is 9.82. The number of amides is 1. The van der Waals surface area contributed by atoms with Crippen molar-refractivity contribution in [3.8, 4) is 0 Å². The van der Waals surface area contributed by atoms with Crippen LogP contribution in [0, 0.1) is 13.8 Å². The molecule has 0 spiro atoms. The maximum Gasteiger partial charge on any atom is 0.350 e. The lowest BCUT2D eigenvalue weighted by Crippen LogP contribution is -2.29. The van der Waals surface area contributed by atoms with Crippen LogP contribution in [0.2, 0.25) is 0 Å². The molecule has 0 saturated carbocycles. The van der Waals surface area contributed by atoms with Crippen molar-refractivity contribution in [2.24, 2.45) is 0 Å². The van der Waals surface area contributed by atoms with Crippen LogP contribution in [0.25, 0.3) is 5.76 Å². The van der Waals surface area contributed by atoms with Gasteiger partial charge < -0.3 is 9.84 Å². The summed E-state index contributed by atoms with van der Waals surface area (Å²) in [5.74, 6) is -2.47. The number of rotatable bonds is 4. The first-order valence-corrected chi connectivity index (χ1v) is 10.6. The van der Waals surface area contributed by atoms with Gasteiger partial charge >= 0.3 is 11.9 Å². The third-order valence-electron chi connectivity index (χ3n) is 5.25. The number of aliphatic hydroxyl groups excluding tert-OH is 1. The number of hydrogen-bond donors (Lipinski definition) is 1. The SMILES string of the molecule is COC(=O)c1sc(N2C(=O)C(=O)/C(=C(/O)c3ccc(C)cc3)C2c2ccccc2)nc1C. The molecule has 0 aliphatic carbocycles. The van der Waals surface area contributed by atoms with Crippen molar-refractivity contribution in [2.45, 2.75) is 19.9 Å². The number of esters is 1. The number of carbonyl (C=O) groups excluding carboxylic acids is 3. The van der Waals surface area contributed by atoms with E-state index in [0.29, 0.717) is 16.8 Å². The second-order valence-corrected chi connectivity index (χ2v) is 8.33. The quantitative estimate of drug-likeness (QED) is 0.278. The second-order valence-electron chi connectivity index (χ2n) is 7.35. The number of thiazole rings is 1. The van der Waals surface area contributed by atoms with E-state index in [2.05, 4.69) is 4.98 Å². The number of methoxy groups -OCH3 is 1. The molecule has 7 nitrogen and oxygen atoms in total. The number of nitrogens with zero attached hydrogens (tertiary/aromatic N) is 2. The Bertz CT molecular complexity index is 1250. The summed E-state index contributed by atoms with van der Waals surface area (Å²) in [5.41, 5.74) is 2.42. The molecule has 2 aromatic carbocycles. The maximum absolute atomic E-state index is 13.1. The maximum atomic E-state index is 13.1. The molecule has 1 saturated heterocycles. The van der Waals surface area contributed by atoms with Crippen molar-refractivity contribution in [3.05, 3.63) is 87.4 Å². The van der Waals surface area contributed by atoms with E-state index in [1.54, 1.807) is 43.3 Å². The van der Waals surface area contributed by atoms with Crippen LogP contribution in [0.4, 0.5) is 5.13 Å². The molecular formula is C24H20N2O5S. The average molecular weight is 449 g/mol. The molecule has 3 aromatic rings. The van der Waals surface area contributed by atoms with Crippen molar-refractivity contribution in [3.63, 3.8) is 0 Å². The summed E-state index contributed by atoms with van der Waals surface area (Å²) in [5, 5.41) is 11.3. The van der Waals surface area contributed by atoms with Gasteiger partial charge in [0.2, 0.25) is 0 Å². The smallest absolute Gasteiger partial charge is 0.350 e. The Morgan fingerprint density at radius 3 is 2.34 bits per heavy atom. The van der Waals surface area contributed by atoms with Gasteiger partial charge in [-0.2, -0.15) is 0 Å². The van der Waals surface area contributed by atoms with E-state index in [-0.39, 0.29) is 21.3 Å². The van der Waals surface area contributed by atoms with Crippen LogP contribution in [0.1, 0.15) is 38.1 Å². The summed E-state index contributed by atoms with van der Waals surface area (Å²) in [6.07, 6.45) is 0. The van der Waals surface area contributed by atoms with E-state index in [0.717, 1.165) is 16.9 Å². The summed E-state index contributed by atoms with van der Waals surface area (Å²) in [6, 6.07) is 15.1. The molecule has 1 aliphatic heterocycles. The number of aryl methyl sites for hydroxylation is 2. The Hall–Kier alpha value is -3.78. The second kappa shape index (κ2) is 8.39. The highest BCUT2D eigenvalue weighted by atomic mass is 32.1. The van der Waals surface area contributed by atoms with E-state index < -0.39 is 23.7 Å². The lowest BCUT2D eigenvalue weighted by Gasteiger charge is -2.23. The highest BCUT2D eigenvalue weighted by Crippen LogP contribution is 2.43. The zero-order chi connectivity index (χ0) is 23.0. The number of carbonyl (C=O) groups is 3. The van der Waals surface area contributed by atoms with Gasteiger partial charge in [-0.1, -0.05) is 71.5 Å². The molecule has 1 atom stereocenters. The molecular weight excluding hydrogens is 428 g/mol. The van der Waals surface area contributed by atoms with E-state index in [1.807, 2.05) is 25.1 Å². The molecule has 1 unspecified atom stereocenters. The van der Waals surface area contributed by atoms with Crippen molar-refractivity contribution in [1.82, 2.24) is 4.98 Å². The summed E-state index contributed by atoms with van der Waals surface area (Å²) in [7, 11) is 1.26. The monoisotopic (exact) mass is 448 g/mol. The molecule has 8 heteroatoms. The third-order valence-corrected chi connectivity index (χ3v) is 6.38. The Labute approximate surface area is 188 Å². The first-order chi connectivity index (χ1) is 15.3. The summed E-state index contributed by atoms with van der Waals surface area (Å²) < 4.78 is 4.79. The molecule has 1 amide bonds. The topological polar surface area (TPSA) is 96.8 Å². The van der Waals surface area contributed by atoms with E-state index in [1.165, 1.54) is 12.0 Å². The van der Waals surface area contributed by atoms with E-state index >= 15 is 0 Å². The van der Waals surface area contributed by atoms with E-state index in [9.17, 15) is 19.5 Å². The number of aliphatic hydroxyl groups is 1. The molecule has 4 rings (SSSR count). The standard InChI is InChI=1S/C24H20N2O5S/c1-13-9-11-16(12-10-13)19(27)17-18(15-7-5-4-6-8-15)26(22(29)20(17)28)24-25-14(2)21(32-24)23(30)31-3/h4-12,18,27H,1-3H3/b19-17+. The van der Waals surface area contributed by atoms with Crippen LogP contribution in [-0.4, -0.2) is 34.9 Å². The van der Waals surface area contributed by atoms with Crippen molar-refractivity contribution in [2.75, 3.05) is 12.0 Å². The normalized spacial score (nSPS) is 17.6. The van der Waals surface area contributed by atoms with Gasteiger partial charge in [-0.05, 0) is 19.4 Å². The predicted molar refractivity (Wildman–Crippen MR) is 121 cm³/mol. The van der Waals surface area contributed by atoms with E-state index in [4.69, 9.17) is 4.74 Å². The fourth-order valence-corrected chi connectivity index (χ4v) is 4.63. The predicted octanol–water partition coefficient (Wildman–Crippen LogP) is 4.17. The number of Topliss-reactive ketones (excluding diaryl/α,β-unsaturated/α-hetero) is 1. The van der Waals surface area contributed by atoms with Crippen LogP contribution in [0.5, 0.6) is 0 Å². The van der Waals surface area contributed by atoms with Crippen LogP contribution in [-0.2, 0) is 14.3 Å². The molecule has 1 aromatic heterocycles. The lowest BCUT2D eigenvalue weighted by atomic mass is 9.95. The molecule has 2 heterocycles. The van der Waals surface area contributed by atoms with Gasteiger partial charge in [0.1, 0.15) is 10.6 Å². The number of ketones is 1. The highest BCUT2D eigenvalue weighted by molar-refractivity contribution is 7.17. The summed E-state index contributed by atoms with van der Waals surface area (Å²) in [6.45, 7) is 3.54. The number of benzene rings is 2. The van der Waals surface area contributed by atoms with Gasteiger partial charge in [0.25, 0.3) is 5.78 Å². The van der Waals surface area contributed by atoms with Gasteiger partial charge in [-0.25, -0.2) is 9.78 Å². The van der Waals surface area contributed by atoms with Crippen LogP contribution < -0.4 is 4.90 Å². The van der Waals surface area contributed by atoms with Gasteiger partial charge in [0.05, 0.1) is 24.4 Å². The Kier molecular flexibility index (Phi) is 5.63. The van der Waals surface area contributed by atoms with Crippen molar-refractivity contribution in [1.29, 1.82) is 0 Å². The number of anilines is 1. The summed E-state index contributed by atoms with van der Waals surface area (Å²) >= 11 is 0.968. The Balaban J connectivity index is 1.92. The minimum atomic E-state index is -0.895. The molecule has 1 N–H and O–H groups in total. The zero-order valence-corrected chi connectivity index (χ0v) is 18.5. The van der Waals surface area contributed by atoms with Gasteiger partial charge in [-0.3, -0.25) is 14.5 Å². The van der Waals surface area contributed by atoms with Crippen molar-refractivity contribution >= 4 is 39.9 Å². The minimum absolute atomic E-state index is 0.0301. The van der Waals surface area contributed by atoms with Gasteiger partial charge in [0.15, 0.2) is 5.13 Å².